The topological polar surface area (TPSA) is 101 Å². The summed E-state index contributed by atoms with van der Waals surface area (Å²) in [6, 6.07) is 2.49. The second kappa shape index (κ2) is 6.55. The Morgan fingerprint density at radius 3 is 2.61 bits per heavy atom. The van der Waals surface area contributed by atoms with Crippen molar-refractivity contribution >= 4 is 17.4 Å². The highest BCUT2D eigenvalue weighted by atomic mass is 19.4. The molecular weight excluding hydrogens is 313 g/mol. The number of anilines is 1. The van der Waals surface area contributed by atoms with Crippen molar-refractivity contribution in [3.63, 3.8) is 0 Å². The summed E-state index contributed by atoms with van der Waals surface area (Å²) in [4.78, 5) is 23.9. The Labute approximate surface area is 130 Å². The van der Waals surface area contributed by atoms with Gasteiger partial charge in [-0.15, -0.1) is 0 Å². The molecule has 23 heavy (non-hydrogen) atoms. The van der Waals surface area contributed by atoms with E-state index < -0.39 is 17.6 Å². The minimum atomic E-state index is -4.58. The Hall–Kier alpha value is -2.13. The molecule has 0 saturated carbocycles. The minimum absolute atomic E-state index is 0.0862. The number of rotatable bonds is 4. The number of nitrogens with zero attached hydrogens (tertiary/aromatic N) is 1. The van der Waals surface area contributed by atoms with Gasteiger partial charge in [0.1, 0.15) is 0 Å². The summed E-state index contributed by atoms with van der Waals surface area (Å²) in [6.45, 7) is 0.721. The highest BCUT2D eigenvalue weighted by molar-refractivity contribution is 6.01. The number of halogens is 3. The Kier molecular flexibility index (Phi) is 4.90. The highest BCUT2D eigenvalue weighted by Gasteiger charge is 2.32. The smallest absolute Gasteiger partial charge is 0.398 e. The second-order valence-electron chi connectivity index (χ2n) is 5.43. The maximum Gasteiger partial charge on any atom is 0.416 e. The fourth-order valence-electron chi connectivity index (χ4n) is 2.39. The number of hydrogen-bond acceptors (Lipinski definition) is 5. The van der Waals surface area contributed by atoms with Gasteiger partial charge in [0.05, 0.1) is 17.7 Å². The van der Waals surface area contributed by atoms with Crippen LogP contribution in [0.2, 0.25) is 0 Å². The van der Waals surface area contributed by atoms with Gasteiger partial charge in [-0.2, -0.15) is 13.2 Å². The first-order valence-corrected chi connectivity index (χ1v) is 6.95. The third-order valence-corrected chi connectivity index (χ3v) is 3.72. The maximum absolute atomic E-state index is 12.7. The first-order valence-electron chi connectivity index (χ1n) is 6.95. The number of Topliss-reactive ketones (excluding diaryl/α,β-unsaturated/α-hetero) is 1. The molecule has 0 bridgehead atoms. The first kappa shape index (κ1) is 17.2. The van der Waals surface area contributed by atoms with Gasteiger partial charge in [0.25, 0.3) is 5.91 Å². The molecule has 0 aliphatic carbocycles. The predicted molar refractivity (Wildman–Crippen MR) is 77.1 cm³/mol. The van der Waals surface area contributed by atoms with Crippen molar-refractivity contribution < 1.29 is 22.8 Å². The fourth-order valence-corrected chi connectivity index (χ4v) is 2.39. The van der Waals surface area contributed by atoms with Crippen LogP contribution in [0.5, 0.6) is 0 Å². The predicted octanol–water partition coefficient (Wildman–Crippen LogP) is 0.782. The standard InChI is InChI=1S/C14H17F3N4O2/c15-14(16,17)9-1-2-11(18)10(5-9)13(23)20-6-12(22)8-3-4-21(19)7-8/h1-2,5,8H,3-4,6-7,18-19H2,(H,20,23). The van der Waals surface area contributed by atoms with Crippen LogP contribution < -0.4 is 16.9 Å². The molecule has 0 radical (unpaired) electrons. The molecular formula is C14H17F3N4O2. The molecule has 1 aromatic carbocycles. The fraction of sp³-hybridized carbons (Fsp3) is 0.429. The molecule has 0 spiro atoms. The van der Waals surface area contributed by atoms with Crippen LogP contribution in [0.25, 0.3) is 0 Å². The Morgan fingerprint density at radius 2 is 2.04 bits per heavy atom. The number of carbonyl (C=O) groups is 2. The highest BCUT2D eigenvalue weighted by Crippen LogP contribution is 2.31. The van der Waals surface area contributed by atoms with E-state index in [1.165, 1.54) is 5.01 Å². The molecule has 1 atom stereocenters. The molecule has 1 saturated heterocycles. The monoisotopic (exact) mass is 330 g/mol. The van der Waals surface area contributed by atoms with Gasteiger partial charge in [-0.05, 0) is 24.6 Å². The van der Waals surface area contributed by atoms with E-state index in [1.807, 2.05) is 0 Å². The molecule has 2 rings (SSSR count). The molecule has 9 heteroatoms. The van der Waals surface area contributed by atoms with Gasteiger partial charge in [0, 0.05) is 24.7 Å². The third-order valence-electron chi connectivity index (χ3n) is 3.72. The molecule has 6 nitrogen and oxygen atoms in total. The van der Waals surface area contributed by atoms with Crippen LogP contribution in [0.1, 0.15) is 22.3 Å². The summed E-state index contributed by atoms with van der Waals surface area (Å²) in [5.74, 6) is 4.25. The van der Waals surface area contributed by atoms with Gasteiger partial charge >= 0.3 is 6.18 Å². The number of alkyl halides is 3. The Morgan fingerprint density at radius 1 is 1.35 bits per heavy atom. The molecule has 1 aliphatic rings. The molecule has 0 aromatic heterocycles. The number of hydrogen-bond donors (Lipinski definition) is 3. The molecule has 1 fully saturated rings. The Balaban J connectivity index is 2.02. The summed E-state index contributed by atoms with van der Waals surface area (Å²) in [7, 11) is 0. The molecule has 1 heterocycles. The summed E-state index contributed by atoms with van der Waals surface area (Å²) >= 11 is 0. The SMILES string of the molecule is Nc1ccc(C(F)(F)F)cc1C(=O)NCC(=O)C1CCN(N)C1. The minimum Gasteiger partial charge on any atom is -0.398 e. The van der Waals surface area contributed by atoms with Gasteiger partial charge in [-0.1, -0.05) is 0 Å². The Bertz CT molecular complexity index is 619. The van der Waals surface area contributed by atoms with Crippen molar-refractivity contribution in [3.05, 3.63) is 29.3 Å². The number of benzene rings is 1. The molecule has 1 unspecified atom stereocenters. The number of nitrogen functional groups attached to an aromatic ring is 1. The molecule has 1 aliphatic heterocycles. The van der Waals surface area contributed by atoms with Crippen LogP contribution in [-0.2, 0) is 11.0 Å². The zero-order valence-electron chi connectivity index (χ0n) is 12.2. The van der Waals surface area contributed by atoms with E-state index in [1.54, 1.807) is 0 Å². The van der Waals surface area contributed by atoms with E-state index >= 15 is 0 Å². The van der Waals surface area contributed by atoms with Gasteiger partial charge in [0.2, 0.25) is 0 Å². The largest absolute Gasteiger partial charge is 0.416 e. The molecule has 1 aromatic rings. The third kappa shape index (κ3) is 4.20. The lowest BCUT2D eigenvalue weighted by molar-refractivity contribution is -0.137. The number of nitrogens with one attached hydrogen (secondary N) is 1. The summed E-state index contributed by atoms with van der Waals surface area (Å²) in [5.41, 5.74) is 4.18. The van der Waals surface area contributed by atoms with Crippen molar-refractivity contribution in [2.45, 2.75) is 12.6 Å². The lowest BCUT2D eigenvalue weighted by atomic mass is 10.0. The van der Waals surface area contributed by atoms with E-state index in [9.17, 15) is 22.8 Å². The van der Waals surface area contributed by atoms with E-state index in [2.05, 4.69) is 5.32 Å². The summed E-state index contributed by atoms with van der Waals surface area (Å²) in [6.07, 6.45) is -3.98. The average Bonchev–Trinajstić information content (AvgIpc) is 2.90. The number of carbonyl (C=O) groups excluding carboxylic acids is 2. The normalized spacial score (nSPS) is 18.9. The van der Waals surface area contributed by atoms with Crippen molar-refractivity contribution in [1.82, 2.24) is 10.3 Å². The van der Waals surface area contributed by atoms with Gasteiger partial charge < -0.3 is 11.1 Å². The van der Waals surface area contributed by atoms with Crippen LogP contribution in [0.3, 0.4) is 0 Å². The molecule has 5 N–H and O–H groups in total. The lowest BCUT2D eigenvalue weighted by Gasteiger charge is -2.13. The van der Waals surface area contributed by atoms with Crippen molar-refractivity contribution in [1.29, 1.82) is 0 Å². The van der Waals surface area contributed by atoms with Crippen molar-refractivity contribution in [2.24, 2.45) is 11.8 Å². The number of nitrogens with two attached hydrogens (primary N) is 2. The molecule has 1 amide bonds. The summed E-state index contributed by atoms with van der Waals surface area (Å²) < 4.78 is 38.0. The van der Waals surface area contributed by atoms with Gasteiger partial charge in [0.15, 0.2) is 5.78 Å². The van der Waals surface area contributed by atoms with Gasteiger partial charge in [-0.25, -0.2) is 5.01 Å². The number of ketones is 1. The van der Waals surface area contributed by atoms with Crippen LogP contribution >= 0.6 is 0 Å². The van der Waals surface area contributed by atoms with E-state index in [0.717, 1.165) is 12.1 Å². The van der Waals surface area contributed by atoms with Crippen LogP contribution in [0.15, 0.2) is 18.2 Å². The number of hydrazine groups is 1. The zero-order chi connectivity index (χ0) is 17.2. The van der Waals surface area contributed by atoms with Crippen LogP contribution in [0, 0.1) is 5.92 Å². The van der Waals surface area contributed by atoms with E-state index in [4.69, 9.17) is 11.6 Å². The first-order chi connectivity index (χ1) is 10.7. The quantitative estimate of drug-likeness (QED) is 0.559. The van der Waals surface area contributed by atoms with Crippen LogP contribution in [0.4, 0.5) is 18.9 Å². The van der Waals surface area contributed by atoms with Gasteiger partial charge in [-0.3, -0.25) is 15.4 Å². The second-order valence-corrected chi connectivity index (χ2v) is 5.43. The summed E-state index contributed by atoms with van der Waals surface area (Å²) in [5, 5.41) is 3.82. The average molecular weight is 330 g/mol. The maximum atomic E-state index is 12.7. The lowest BCUT2D eigenvalue weighted by Crippen LogP contribution is -2.35. The van der Waals surface area contributed by atoms with E-state index in [0.29, 0.717) is 25.6 Å². The number of amides is 1. The zero-order valence-corrected chi connectivity index (χ0v) is 12.2. The van der Waals surface area contributed by atoms with Crippen LogP contribution in [-0.4, -0.2) is 36.3 Å². The van der Waals surface area contributed by atoms with E-state index in [-0.39, 0.29) is 29.5 Å². The van der Waals surface area contributed by atoms with Crippen molar-refractivity contribution in [2.75, 3.05) is 25.4 Å². The molecule has 126 valence electrons. The van der Waals surface area contributed by atoms with Crippen molar-refractivity contribution in [3.8, 4) is 0 Å².